The third kappa shape index (κ3) is 3.33. The van der Waals surface area contributed by atoms with Gasteiger partial charge in [-0.1, -0.05) is 12.5 Å². The van der Waals surface area contributed by atoms with Crippen LogP contribution in [0.2, 0.25) is 0 Å². The van der Waals surface area contributed by atoms with Gasteiger partial charge in [0.15, 0.2) is 0 Å². The highest BCUT2D eigenvalue weighted by Gasteiger charge is 2.30. The Morgan fingerprint density at radius 3 is 2.58 bits per heavy atom. The number of hydrogen-bond donors (Lipinski definition) is 1. The number of nitrogens with one attached hydrogen (secondary N) is 1. The average Bonchev–Trinajstić information content (AvgIpc) is 3.11. The summed E-state index contributed by atoms with van der Waals surface area (Å²) in [5.41, 5.74) is 0.671. The van der Waals surface area contributed by atoms with E-state index in [2.05, 4.69) is 5.32 Å². The molecule has 1 N–H and O–H groups in total. The van der Waals surface area contributed by atoms with Crippen LogP contribution in [0, 0.1) is 23.5 Å². The molecule has 2 saturated carbocycles. The minimum Gasteiger partial charge on any atom is -0.314 e. The Hall–Kier alpha value is -0.960. The van der Waals surface area contributed by atoms with Gasteiger partial charge in [-0.15, -0.1) is 0 Å². The molecule has 2 aliphatic carbocycles. The highest BCUT2D eigenvalue weighted by atomic mass is 19.1. The minimum absolute atomic E-state index is 0.388. The molecule has 2 atom stereocenters. The monoisotopic (exact) mass is 265 g/mol. The topological polar surface area (TPSA) is 12.0 Å². The van der Waals surface area contributed by atoms with E-state index in [0.29, 0.717) is 17.4 Å². The molecule has 19 heavy (non-hydrogen) atoms. The van der Waals surface area contributed by atoms with Crippen molar-refractivity contribution in [2.24, 2.45) is 11.8 Å². The van der Waals surface area contributed by atoms with Gasteiger partial charge in [0, 0.05) is 12.1 Å². The van der Waals surface area contributed by atoms with Crippen LogP contribution in [0.25, 0.3) is 0 Å². The molecule has 2 fully saturated rings. The van der Waals surface area contributed by atoms with E-state index < -0.39 is 5.82 Å². The van der Waals surface area contributed by atoms with E-state index >= 15 is 0 Å². The first kappa shape index (κ1) is 13.0. The van der Waals surface area contributed by atoms with Crippen molar-refractivity contribution >= 4 is 0 Å². The van der Waals surface area contributed by atoms with Gasteiger partial charge in [0.2, 0.25) is 0 Å². The molecule has 2 unspecified atom stereocenters. The summed E-state index contributed by atoms with van der Waals surface area (Å²) in [6, 6.07) is 4.71. The lowest BCUT2D eigenvalue weighted by atomic mass is 9.89. The lowest BCUT2D eigenvalue weighted by molar-refractivity contribution is 0.360. The van der Waals surface area contributed by atoms with E-state index in [-0.39, 0.29) is 5.82 Å². The minimum atomic E-state index is -0.486. The molecule has 0 amide bonds. The van der Waals surface area contributed by atoms with Gasteiger partial charge in [-0.25, -0.2) is 8.78 Å². The fraction of sp³-hybridized carbons (Fsp3) is 0.625. The number of benzene rings is 1. The molecule has 104 valence electrons. The van der Waals surface area contributed by atoms with Gasteiger partial charge < -0.3 is 5.32 Å². The van der Waals surface area contributed by atoms with Gasteiger partial charge in [-0.05, 0) is 62.1 Å². The Kier molecular flexibility index (Phi) is 3.83. The maximum atomic E-state index is 13.7. The molecule has 3 heteroatoms. The fourth-order valence-corrected chi connectivity index (χ4v) is 3.23. The predicted octanol–water partition coefficient (Wildman–Crippen LogP) is 3.68. The maximum Gasteiger partial charge on any atom is 0.129 e. The summed E-state index contributed by atoms with van der Waals surface area (Å²) in [7, 11) is 0. The molecule has 0 heterocycles. The highest BCUT2D eigenvalue weighted by molar-refractivity contribution is 5.19. The zero-order valence-electron chi connectivity index (χ0n) is 11.2. The normalized spacial score (nSPS) is 26.8. The highest BCUT2D eigenvalue weighted by Crippen LogP contribution is 2.35. The van der Waals surface area contributed by atoms with Crippen molar-refractivity contribution < 1.29 is 8.78 Å². The van der Waals surface area contributed by atoms with Crippen LogP contribution in [0.4, 0.5) is 8.78 Å². The van der Waals surface area contributed by atoms with Crippen LogP contribution in [-0.2, 0) is 6.42 Å². The SMILES string of the molecule is Fc1ccc(CC2CCCC2CNC2CC2)c(F)c1. The third-order valence-electron chi connectivity index (χ3n) is 4.56. The van der Waals surface area contributed by atoms with Gasteiger partial charge in [0.1, 0.15) is 11.6 Å². The fourth-order valence-electron chi connectivity index (χ4n) is 3.23. The maximum absolute atomic E-state index is 13.7. The molecule has 1 nitrogen and oxygen atoms in total. The van der Waals surface area contributed by atoms with Crippen LogP contribution in [-0.4, -0.2) is 12.6 Å². The van der Waals surface area contributed by atoms with Crippen LogP contribution in [0.3, 0.4) is 0 Å². The van der Waals surface area contributed by atoms with E-state index in [4.69, 9.17) is 0 Å². The number of halogens is 2. The molecule has 1 aromatic rings. The second-order valence-electron chi connectivity index (χ2n) is 6.07. The smallest absolute Gasteiger partial charge is 0.129 e. The zero-order chi connectivity index (χ0) is 13.2. The van der Waals surface area contributed by atoms with Crippen molar-refractivity contribution in [3.05, 3.63) is 35.4 Å². The van der Waals surface area contributed by atoms with E-state index in [0.717, 1.165) is 25.1 Å². The molecule has 0 aromatic heterocycles. The Labute approximate surface area is 113 Å². The number of rotatable bonds is 5. The van der Waals surface area contributed by atoms with Crippen LogP contribution in [0.15, 0.2) is 18.2 Å². The molecule has 0 radical (unpaired) electrons. The van der Waals surface area contributed by atoms with Crippen molar-refractivity contribution in [1.82, 2.24) is 5.32 Å². The van der Waals surface area contributed by atoms with E-state index in [1.54, 1.807) is 6.07 Å². The van der Waals surface area contributed by atoms with Crippen LogP contribution >= 0.6 is 0 Å². The van der Waals surface area contributed by atoms with Crippen LogP contribution in [0.5, 0.6) is 0 Å². The van der Waals surface area contributed by atoms with Crippen molar-refractivity contribution in [2.75, 3.05) is 6.54 Å². The third-order valence-corrected chi connectivity index (χ3v) is 4.56. The summed E-state index contributed by atoms with van der Waals surface area (Å²) in [5.74, 6) is 0.330. The number of hydrogen-bond acceptors (Lipinski definition) is 1. The zero-order valence-corrected chi connectivity index (χ0v) is 11.2. The van der Waals surface area contributed by atoms with Crippen molar-refractivity contribution in [3.8, 4) is 0 Å². The molecule has 0 spiro atoms. The van der Waals surface area contributed by atoms with Crippen molar-refractivity contribution in [3.63, 3.8) is 0 Å². The summed E-state index contributed by atoms with van der Waals surface area (Å²) in [6.45, 7) is 1.07. The lowest BCUT2D eigenvalue weighted by Gasteiger charge is -2.20. The van der Waals surface area contributed by atoms with Gasteiger partial charge >= 0.3 is 0 Å². The molecule has 2 aliphatic rings. The Bertz CT molecular complexity index is 442. The Balaban J connectivity index is 1.60. The molecular formula is C16H21F2N. The molecule has 0 saturated heterocycles. The first-order chi connectivity index (χ1) is 9.22. The molecule has 1 aromatic carbocycles. The molecule has 0 bridgehead atoms. The lowest BCUT2D eigenvalue weighted by Crippen LogP contribution is -2.27. The van der Waals surface area contributed by atoms with Crippen molar-refractivity contribution in [1.29, 1.82) is 0 Å². The summed E-state index contributed by atoms with van der Waals surface area (Å²) < 4.78 is 26.6. The van der Waals surface area contributed by atoms with E-state index in [1.807, 2.05) is 0 Å². The summed E-state index contributed by atoms with van der Waals surface area (Å²) in [6.07, 6.45) is 7.03. The molecule has 3 rings (SSSR count). The summed E-state index contributed by atoms with van der Waals surface area (Å²) in [5, 5.41) is 3.58. The quantitative estimate of drug-likeness (QED) is 0.856. The molecular weight excluding hydrogens is 244 g/mol. The van der Waals surface area contributed by atoms with Gasteiger partial charge in [-0.3, -0.25) is 0 Å². The van der Waals surface area contributed by atoms with Crippen molar-refractivity contribution in [2.45, 2.75) is 44.6 Å². The standard InChI is InChI=1S/C16H21F2N/c17-14-5-4-12(16(18)9-14)8-11-2-1-3-13(11)10-19-15-6-7-15/h4-5,9,11,13,15,19H,1-3,6-8,10H2. The Morgan fingerprint density at radius 2 is 1.84 bits per heavy atom. The first-order valence-corrected chi connectivity index (χ1v) is 7.39. The van der Waals surface area contributed by atoms with Gasteiger partial charge in [0.25, 0.3) is 0 Å². The van der Waals surface area contributed by atoms with Gasteiger partial charge in [-0.2, -0.15) is 0 Å². The van der Waals surface area contributed by atoms with Crippen LogP contribution < -0.4 is 5.32 Å². The van der Waals surface area contributed by atoms with Gasteiger partial charge in [0.05, 0.1) is 0 Å². The second-order valence-corrected chi connectivity index (χ2v) is 6.07. The largest absolute Gasteiger partial charge is 0.314 e. The summed E-state index contributed by atoms with van der Waals surface area (Å²) >= 11 is 0. The first-order valence-electron chi connectivity index (χ1n) is 7.39. The van der Waals surface area contributed by atoms with Crippen LogP contribution in [0.1, 0.15) is 37.7 Å². The Morgan fingerprint density at radius 1 is 1.05 bits per heavy atom. The summed E-state index contributed by atoms with van der Waals surface area (Å²) in [4.78, 5) is 0. The van der Waals surface area contributed by atoms with E-state index in [1.165, 1.54) is 38.2 Å². The molecule has 0 aliphatic heterocycles. The van der Waals surface area contributed by atoms with E-state index in [9.17, 15) is 8.78 Å². The second kappa shape index (κ2) is 5.58. The average molecular weight is 265 g/mol. The predicted molar refractivity (Wildman–Crippen MR) is 71.9 cm³/mol.